The molecule has 0 aliphatic carbocycles. The molecule has 0 bridgehead atoms. The number of hydrogen-bond donors (Lipinski definition) is 0. The Balaban J connectivity index is 0.00000169. The molecule has 0 fully saturated rings. The van der Waals surface area contributed by atoms with E-state index < -0.39 is 27.0 Å². The van der Waals surface area contributed by atoms with E-state index in [4.69, 9.17) is 0 Å². The molecule has 8 heteroatoms. The predicted octanol–water partition coefficient (Wildman–Crippen LogP) is -2.42. The standard InChI is InChI=1S/C6H4N2O5.Na/c9-6-2-1-4(7(10)11)3-5(6)8(12)13;/h1-3,9H;/q;+1/p-1. The Morgan fingerprint density at radius 1 is 1.07 bits per heavy atom. The van der Waals surface area contributed by atoms with E-state index in [-0.39, 0.29) is 29.6 Å². The molecule has 0 radical (unpaired) electrons. The molecule has 0 amide bonds. The maximum atomic E-state index is 10.8. The molecular formula is C6H3N2NaO5. The Morgan fingerprint density at radius 3 is 2.07 bits per heavy atom. The molecule has 0 unspecified atom stereocenters. The first-order valence-corrected chi connectivity index (χ1v) is 3.12. The Hall–Kier alpha value is -1.18. The third-order valence-corrected chi connectivity index (χ3v) is 1.35. The van der Waals surface area contributed by atoms with Crippen LogP contribution in [0.5, 0.6) is 5.75 Å². The van der Waals surface area contributed by atoms with Crippen molar-refractivity contribution in [1.82, 2.24) is 0 Å². The third-order valence-electron chi connectivity index (χ3n) is 1.35. The van der Waals surface area contributed by atoms with E-state index in [0.717, 1.165) is 12.1 Å². The van der Waals surface area contributed by atoms with Gasteiger partial charge in [0.05, 0.1) is 15.9 Å². The first-order valence-electron chi connectivity index (χ1n) is 3.12. The van der Waals surface area contributed by atoms with Crippen LogP contribution in [0.4, 0.5) is 11.4 Å². The number of nitro benzene ring substituents is 2. The Bertz CT molecular complexity index is 380. The van der Waals surface area contributed by atoms with Gasteiger partial charge in [0.1, 0.15) is 0 Å². The second kappa shape index (κ2) is 4.89. The molecule has 0 aliphatic heterocycles. The third kappa shape index (κ3) is 2.66. The maximum absolute atomic E-state index is 10.8. The number of rotatable bonds is 2. The summed E-state index contributed by atoms with van der Waals surface area (Å²) in [5.74, 6) is -0.837. The molecule has 0 heterocycles. The van der Waals surface area contributed by atoms with Gasteiger partial charge in [-0.25, -0.2) is 0 Å². The molecule has 1 rings (SSSR count). The van der Waals surface area contributed by atoms with Crippen molar-refractivity contribution < 1.29 is 44.5 Å². The molecule has 1 aromatic rings. The van der Waals surface area contributed by atoms with Gasteiger partial charge in [-0.05, 0) is 5.75 Å². The van der Waals surface area contributed by atoms with Gasteiger partial charge in [-0.3, -0.25) is 20.2 Å². The van der Waals surface area contributed by atoms with Crippen LogP contribution in [-0.4, -0.2) is 9.85 Å². The first-order chi connectivity index (χ1) is 6.02. The summed E-state index contributed by atoms with van der Waals surface area (Å²) >= 11 is 0. The van der Waals surface area contributed by atoms with Crippen LogP contribution >= 0.6 is 0 Å². The fourth-order valence-corrected chi connectivity index (χ4v) is 0.762. The van der Waals surface area contributed by atoms with Gasteiger partial charge < -0.3 is 5.11 Å². The van der Waals surface area contributed by atoms with Crippen LogP contribution in [0.2, 0.25) is 0 Å². The van der Waals surface area contributed by atoms with Crippen LogP contribution in [-0.2, 0) is 0 Å². The van der Waals surface area contributed by atoms with Crippen LogP contribution in [0.15, 0.2) is 18.2 Å². The molecule has 7 nitrogen and oxygen atoms in total. The molecule has 0 N–H and O–H groups in total. The quantitative estimate of drug-likeness (QED) is 0.304. The van der Waals surface area contributed by atoms with Gasteiger partial charge in [-0.1, -0.05) is 6.07 Å². The number of nitro groups is 2. The summed E-state index contributed by atoms with van der Waals surface area (Å²) in [6, 6.07) is 2.37. The summed E-state index contributed by atoms with van der Waals surface area (Å²) in [7, 11) is 0. The number of hydrogen-bond acceptors (Lipinski definition) is 5. The van der Waals surface area contributed by atoms with Gasteiger partial charge >= 0.3 is 29.6 Å². The Labute approximate surface area is 99.9 Å². The maximum Gasteiger partial charge on any atom is 1.00 e. The minimum Gasteiger partial charge on any atom is -0.868 e. The second-order valence-corrected chi connectivity index (χ2v) is 2.17. The minimum atomic E-state index is -0.949. The number of non-ortho nitro benzene ring substituents is 1. The monoisotopic (exact) mass is 206 g/mol. The van der Waals surface area contributed by atoms with E-state index in [9.17, 15) is 25.3 Å². The summed E-state index contributed by atoms with van der Waals surface area (Å²) < 4.78 is 0. The van der Waals surface area contributed by atoms with Gasteiger partial charge in [0.2, 0.25) is 0 Å². The average molecular weight is 206 g/mol. The van der Waals surface area contributed by atoms with E-state index in [1.165, 1.54) is 0 Å². The fraction of sp³-hybridized carbons (Fsp3) is 0. The van der Waals surface area contributed by atoms with Crippen molar-refractivity contribution in [3.63, 3.8) is 0 Å². The SMILES string of the molecule is O=[N+]([O-])c1ccc([O-])c([N+](=O)[O-])c1.[Na+]. The van der Waals surface area contributed by atoms with Crippen molar-refractivity contribution in [2.45, 2.75) is 0 Å². The zero-order valence-corrected chi connectivity index (χ0v) is 9.17. The number of benzene rings is 1. The van der Waals surface area contributed by atoms with E-state index in [1.807, 2.05) is 0 Å². The number of nitrogens with zero attached hydrogens (tertiary/aromatic N) is 2. The largest absolute Gasteiger partial charge is 1.00 e. The molecule has 68 valence electrons. The van der Waals surface area contributed by atoms with Crippen LogP contribution in [0, 0.1) is 20.2 Å². The molecule has 1 aromatic carbocycles. The average Bonchev–Trinajstić information content (AvgIpc) is 2.04. The van der Waals surface area contributed by atoms with Gasteiger partial charge in [0, 0.05) is 6.07 Å². The van der Waals surface area contributed by atoms with Crippen LogP contribution in [0.25, 0.3) is 0 Å². The van der Waals surface area contributed by atoms with Crippen LogP contribution in [0.1, 0.15) is 0 Å². The molecule has 14 heavy (non-hydrogen) atoms. The van der Waals surface area contributed by atoms with Crippen molar-refractivity contribution in [2.75, 3.05) is 0 Å². The summed E-state index contributed by atoms with van der Waals surface area (Å²) in [5, 5.41) is 31.1. The summed E-state index contributed by atoms with van der Waals surface area (Å²) in [4.78, 5) is 18.6. The molecule has 0 aliphatic rings. The predicted molar refractivity (Wildman–Crippen MR) is 39.2 cm³/mol. The second-order valence-electron chi connectivity index (χ2n) is 2.17. The van der Waals surface area contributed by atoms with Gasteiger partial charge in [0.15, 0.2) is 0 Å². The van der Waals surface area contributed by atoms with E-state index in [2.05, 4.69) is 0 Å². The zero-order valence-electron chi connectivity index (χ0n) is 7.17. The Kier molecular flexibility index (Phi) is 4.48. The van der Waals surface area contributed by atoms with Gasteiger partial charge in [0.25, 0.3) is 11.4 Å². The normalized spacial score (nSPS) is 8.86. The molecule has 0 aromatic heterocycles. The van der Waals surface area contributed by atoms with Crippen molar-refractivity contribution in [2.24, 2.45) is 0 Å². The minimum absolute atomic E-state index is 0. The summed E-state index contributed by atoms with van der Waals surface area (Å²) in [5.41, 5.74) is -1.25. The first kappa shape index (κ1) is 12.8. The fourth-order valence-electron chi connectivity index (χ4n) is 0.762. The zero-order chi connectivity index (χ0) is 10.0. The summed E-state index contributed by atoms with van der Waals surface area (Å²) in [6.07, 6.45) is 0. The van der Waals surface area contributed by atoms with E-state index in [1.54, 1.807) is 0 Å². The smallest absolute Gasteiger partial charge is 0.868 e. The van der Waals surface area contributed by atoms with Crippen molar-refractivity contribution in [1.29, 1.82) is 0 Å². The molecule has 0 saturated carbocycles. The van der Waals surface area contributed by atoms with Crippen molar-refractivity contribution in [3.05, 3.63) is 38.4 Å². The Morgan fingerprint density at radius 2 is 1.64 bits per heavy atom. The molecular weight excluding hydrogens is 203 g/mol. The van der Waals surface area contributed by atoms with Crippen molar-refractivity contribution in [3.8, 4) is 5.75 Å². The topological polar surface area (TPSA) is 109 Å². The van der Waals surface area contributed by atoms with Crippen LogP contribution < -0.4 is 34.7 Å². The summed E-state index contributed by atoms with van der Waals surface area (Å²) in [6.45, 7) is 0. The molecule has 0 spiro atoms. The van der Waals surface area contributed by atoms with Crippen LogP contribution in [0.3, 0.4) is 0 Å². The molecule has 0 atom stereocenters. The van der Waals surface area contributed by atoms with E-state index >= 15 is 0 Å². The van der Waals surface area contributed by atoms with Gasteiger partial charge in [-0.15, -0.1) is 0 Å². The van der Waals surface area contributed by atoms with Gasteiger partial charge in [-0.2, -0.15) is 0 Å². The molecule has 0 saturated heterocycles. The van der Waals surface area contributed by atoms with Crippen molar-refractivity contribution >= 4 is 11.4 Å². The van der Waals surface area contributed by atoms with E-state index in [0.29, 0.717) is 6.07 Å².